The van der Waals surface area contributed by atoms with Crippen LogP contribution in [0.15, 0.2) is 0 Å². The minimum absolute atomic E-state index is 0.0302. The summed E-state index contributed by atoms with van der Waals surface area (Å²) in [5.74, 6) is -1.65. The molecule has 2 aliphatic rings. The molecule has 0 saturated carbocycles. The standard InChI is InChI=1S/C16H25F3N2O2/c1-3-4-5-11(2)14(22)20-7-6-12-8-21(10-13(12)9-20)15(23)16(17,18)19/h11-13H,3-10H2,1-2H3/t11-,12-,13+/m0/s1. The molecule has 0 aromatic heterocycles. The second-order valence-corrected chi connectivity index (χ2v) is 6.84. The molecule has 2 heterocycles. The lowest BCUT2D eigenvalue weighted by Crippen LogP contribution is -2.45. The van der Waals surface area contributed by atoms with Gasteiger partial charge in [0.2, 0.25) is 5.91 Å². The van der Waals surface area contributed by atoms with E-state index in [-0.39, 0.29) is 36.8 Å². The first-order valence-electron chi connectivity index (χ1n) is 8.39. The van der Waals surface area contributed by atoms with Crippen LogP contribution < -0.4 is 0 Å². The highest BCUT2D eigenvalue weighted by Gasteiger charge is 2.48. The fraction of sp³-hybridized carbons (Fsp3) is 0.875. The topological polar surface area (TPSA) is 40.6 Å². The van der Waals surface area contributed by atoms with Gasteiger partial charge in [-0.05, 0) is 24.7 Å². The van der Waals surface area contributed by atoms with Crippen LogP contribution in [-0.4, -0.2) is 54.0 Å². The van der Waals surface area contributed by atoms with Crippen molar-refractivity contribution in [3.05, 3.63) is 0 Å². The minimum Gasteiger partial charge on any atom is -0.342 e. The van der Waals surface area contributed by atoms with Gasteiger partial charge in [-0.1, -0.05) is 26.7 Å². The lowest BCUT2D eigenvalue weighted by Gasteiger charge is -2.35. The smallest absolute Gasteiger partial charge is 0.342 e. The van der Waals surface area contributed by atoms with E-state index in [1.807, 2.05) is 6.92 Å². The molecule has 0 aromatic rings. The fourth-order valence-corrected chi connectivity index (χ4v) is 3.66. The van der Waals surface area contributed by atoms with Crippen molar-refractivity contribution in [2.24, 2.45) is 17.8 Å². The van der Waals surface area contributed by atoms with Gasteiger partial charge in [0.25, 0.3) is 0 Å². The van der Waals surface area contributed by atoms with Gasteiger partial charge in [0, 0.05) is 32.1 Å². The summed E-state index contributed by atoms with van der Waals surface area (Å²) in [5.41, 5.74) is 0. The molecule has 0 spiro atoms. The predicted octanol–water partition coefficient (Wildman–Crippen LogP) is 2.68. The molecule has 2 amide bonds. The molecule has 0 bridgehead atoms. The number of rotatable bonds is 4. The third-order valence-electron chi connectivity index (χ3n) is 5.05. The lowest BCUT2D eigenvalue weighted by molar-refractivity contribution is -0.184. The molecule has 23 heavy (non-hydrogen) atoms. The normalized spacial score (nSPS) is 26.1. The van der Waals surface area contributed by atoms with Crippen LogP contribution >= 0.6 is 0 Å². The van der Waals surface area contributed by atoms with E-state index in [2.05, 4.69) is 6.92 Å². The molecule has 132 valence electrons. The lowest BCUT2D eigenvalue weighted by atomic mass is 9.88. The second-order valence-electron chi connectivity index (χ2n) is 6.84. The second kappa shape index (κ2) is 7.09. The van der Waals surface area contributed by atoms with Gasteiger partial charge in [-0.15, -0.1) is 0 Å². The Bertz CT molecular complexity index is 453. The summed E-state index contributed by atoms with van der Waals surface area (Å²) in [6.45, 7) is 5.32. The zero-order valence-electron chi connectivity index (χ0n) is 13.7. The van der Waals surface area contributed by atoms with Gasteiger partial charge >= 0.3 is 12.1 Å². The van der Waals surface area contributed by atoms with Gasteiger partial charge < -0.3 is 9.80 Å². The van der Waals surface area contributed by atoms with Crippen molar-refractivity contribution in [1.82, 2.24) is 9.80 Å². The Morgan fingerprint density at radius 1 is 1.13 bits per heavy atom. The van der Waals surface area contributed by atoms with Crippen molar-refractivity contribution < 1.29 is 22.8 Å². The molecule has 3 atom stereocenters. The first-order valence-corrected chi connectivity index (χ1v) is 8.39. The Morgan fingerprint density at radius 3 is 2.35 bits per heavy atom. The summed E-state index contributed by atoms with van der Waals surface area (Å²) in [6.07, 6.45) is -1.24. The van der Waals surface area contributed by atoms with Crippen molar-refractivity contribution in [2.75, 3.05) is 26.2 Å². The van der Waals surface area contributed by atoms with Gasteiger partial charge in [-0.2, -0.15) is 13.2 Å². The molecule has 0 radical (unpaired) electrons. The summed E-state index contributed by atoms with van der Waals surface area (Å²) in [5, 5.41) is 0. The number of unbranched alkanes of at least 4 members (excludes halogenated alkanes) is 1. The van der Waals surface area contributed by atoms with Gasteiger partial charge in [0.1, 0.15) is 0 Å². The highest BCUT2D eigenvalue weighted by molar-refractivity contribution is 5.82. The monoisotopic (exact) mass is 334 g/mol. The number of amides is 2. The number of hydrogen-bond acceptors (Lipinski definition) is 2. The van der Waals surface area contributed by atoms with E-state index >= 15 is 0 Å². The van der Waals surface area contributed by atoms with Crippen LogP contribution in [0.5, 0.6) is 0 Å². The quantitative estimate of drug-likeness (QED) is 0.793. The van der Waals surface area contributed by atoms with Crippen LogP contribution in [0.1, 0.15) is 39.5 Å². The van der Waals surface area contributed by atoms with Crippen LogP contribution in [0.4, 0.5) is 13.2 Å². The molecule has 0 unspecified atom stereocenters. The maximum absolute atomic E-state index is 12.6. The molecule has 2 aliphatic heterocycles. The zero-order valence-corrected chi connectivity index (χ0v) is 13.7. The van der Waals surface area contributed by atoms with Crippen LogP contribution in [0.2, 0.25) is 0 Å². The van der Waals surface area contributed by atoms with Crippen molar-refractivity contribution in [2.45, 2.75) is 45.7 Å². The van der Waals surface area contributed by atoms with Crippen molar-refractivity contribution in [1.29, 1.82) is 0 Å². The third-order valence-corrected chi connectivity index (χ3v) is 5.05. The highest BCUT2D eigenvalue weighted by Crippen LogP contribution is 2.34. The Morgan fingerprint density at radius 2 is 1.74 bits per heavy atom. The molecular formula is C16H25F3N2O2. The molecule has 2 rings (SSSR count). The predicted molar refractivity (Wildman–Crippen MR) is 79.5 cm³/mol. The SMILES string of the molecule is CCCC[C@H](C)C(=O)N1CC[C@H]2CN(C(=O)C(F)(F)F)C[C@H]2C1. The Hall–Kier alpha value is -1.27. The number of hydrogen-bond donors (Lipinski definition) is 0. The average molecular weight is 334 g/mol. The fourth-order valence-electron chi connectivity index (χ4n) is 3.66. The van der Waals surface area contributed by atoms with E-state index in [1.54, 1.807) is 4.90 Å². The zero-order chi connectivity index (χ0) is 17.2. The molecule has 7 heteroatoms. The molecule has 4 nitrogen and oxygen atoms in total. The third kappa shape index (κ3) is 4.18. The van der Waals surface area contributed by atoms with Gasteiger partial charge in [0.05, 0.1) is 0 Å². The summed E-state index contributed by atoms with van der Waals surface area (Å²) < 4.78 is 37.7. The number of fused-ring (bicyclic) bond motifs is 1. The van der Waals surface area contributed by atoms with Gasteiger partial charge in [-0.25, -0.2) is 0 Å². The number of alkyl halides is 3. The summed E-state index contributed by atoms with van der Waals surface area (Å²) in [6, 6.07) is 0. The number of nitrogens with zero attached hydrogens (tertiary/aromatic N) is 2. The largest absolute Gasteiger partial charge is 0.471 e. The number of piperidine rings is 1. The number of carbonyl (C=O) groups excluding carboxylic acids is 2. The molecular weight excluding hydrogens is 309 g/mol. The first kappa shape index (κ1) is 18.1. The molecule has 0 aromatic carbocycles. The Balaban J connectivity index is 1.91. The van der Waals surface area contributed by atoms with Crippen LogP contribution in [0.25, 0.3) is 0 Å². The molecule has 2 saturated heterocycles. The van der Waals surface area contributed by atoms with Gasteiger partial charge in [-0.3, -0.25) is 9.59 Å². The number of likely N-dealkylation sites (tertiary alicyclic amines) is 2. The molecule has 0 N–H and O–H groups in total. The summed E-state index contributed by atoms with van der Waals surface area (Å²) >= 11 is 0. The van der Waals surface area contributed by atoms with E-state index in [1.165, 1.54) is 0 Å². The number of carbonyl (C=O) groups is 2. The summed E-state index contributed by atoms with van der Waals surface area (Å²) in [4.78, 5) is 26.5. The van der Waals surface area contributed by atoms with Crippen molar-refractivity contribution in [3.8, 4) is 0 Å². The Labute approximate surface area is 135 Å². The minimum atomic E-state index is -4.81. The first-order chi connectivity index (χ1) is 10.7. The van der Waals surface area contributed by atoms with E-state index in [9.17, 15) is 22.8 Å². The van der Waals surface area contributed by atoms with Crippen LogP contribution in [-0.2, 0) is 9.59 Å². The van der Waals surface area contributed by atoms with E-state index in [0.29, 0.717) is 19.5 Å². The van der Waals surface area contributed by atoms with Crippen LogP contribution in [0.3, 0.4) is 0 Å². The maximum Gasteiger partial charge on any atom is 0.471 e. The average Bonchev–Trinajstić information content (AvgIpc) is 2.92. The van der Waals surface area contributed by atoms with Crippen LogP contribution in [0, 0.1) is 17.8 Å². The number of halogens is 3. The highest BCUT2D eigenvalue weighted by atomic mass is 19.4. The van der Waals surface area contributed by atoms with E-state index < -0.39 is 12.1 Å². The van der Waals surface area contributed by atoms with E-state index in [4.69, 9.17) is 0 Å². The summed E-state index contributed by atoms with van der Waals surface area (Å²) in [7, 11) is 0. The van der Waals surface area contributed by atoms with Gasteiger partial charge in [0.15, 0.2) is 0 Å². The van der Waals surface area contributed by atoms with Crippen molar-refractivity contribution >= 4 is 11.8 Å². The van der Waals surface area contributed by atoms with Crippen molar-refractivity contribution in [3.63, 3.8) is 0 Å². The van der Waals surface area contributed by atoms with E-state index in [0.717, 1.165) is 24.2 Å². The Kier molecular flexibility index (Phi) is 5.57. The molecule has 0 aliphatic carbocycles. The maximum atomic E-state index is 12.6. The molecule has 2 fully saturated rings.